The van der Waals surface area contributed by atoms with Gasteiger partial charge in [0.2, 0.25) is 0 Å². The molecule has 0 aromatic heterocycles. The Balaban J connectivity index is 1.51. The molecule has 0 spiro atoms. The van der Waals surface area contributed by atoms with Crippen LogP contribution in [0.4, 0.5) is 30.6 Å². The molecule has 2 aliphatic heterocycles. The van der Waals surface area contributed by atoms with Gasteiger partial charge in [-0.05, 0) is 54.8 Å². The molecule has 4 rings (SSSR count). The number of amides is 2. The monoisotopic (exact) mass is 414 g/mol. The molecule has 160 valence electrons. The summed E-state index contributed by atoms with van der Waals surface area (Å²) in [6.45, 7) is 8.24. The van der Waals surface area contributed by atoms with Gasteiger partial charge < -0.3 is 15.1 Å². The summed E-state index contributed by atoms with van der Waals surface area (Å²) in [4.78, 5) is 19.0. The normalized spacial score (nSPS) is 19.3. The zero-order valence-corrected chi connectivity index (χ0v) is 17.4. The van der Waals surface area contributed by atoms with Gasteiger partial charge in [0.1, 0.15) is 11.6 Å². The number of carbonyl (C=O) groups is 1. The van der Waals surface area contributed by atoms with Gasteiger partial charge in [0.05, 0.1) is 11.4 Å². The number of carbonyl (C=O) groups excluding carboxylic acids is 1. The van der Waals surface area contributed by atoms with Crippen LogP contribution < -0.4 is 15.1 Å². The van der Waals surface area contributed by atoms with Crippen LogP contribution in [0.5, 0.6) is 0 Å². The Morgan fingerprint density at radius 3 is 2.50 bits per heavy atom. The number of hydrogen-bond acceptors (Lipinski definition) is 3. The number of rotatable bonds is 4. The fourth-order valence-electron chi connectivity index (χ4n) is 4.37. The van der Waals surface area contributed by atoms with Crippen molar-refractivity contribution in [2.24, 2.45) is 5.92 Å². The number of fused-ring (bicyclic) bond motifs is 1. The lowest BCUT2D eigenvalue weighted by Gasteiger charge is -2.38. The van der Waals surface area contributed by atoms with E-state index in [-0.39, 0.29) is 23.7 Å². The number of likely N-dealkylation sites (tertiary alicyclic amines) is 1. The van der Waals surface area contributed by atoms with Crippen molar-refractivity contribution >= 4 is 23.1 Å². The zero-order chi connectivity index (χ0) is 21.3. The second-order valence-electron chi connectivity index (χ2n) is 8.50. The minimum atomic E-state index is -0.372. The molecule has 7 heteroatoms. The number of anilines is 3. The molecule has 30 heavy (non-hydrogen) atoms. The fraction of sp³-hybridized carbons (Fsp3) is 0.435. The SMILES string of the molecule is CC(C)CN1CCC(NC(=O)N2CCN(c3ccc(F)cc3)c3cc(F)ccc32)C1. The average Bonchev–Trinajstić information content (AvgIpc) is 3.13. The molecule has 2 heterocycles. The maximum absolute atomic E-state index is 14.0. The molecule has 5 nitrogen and oxygen atoms in total. The van der Waals surface area contributed by atoms with Crippen LogP contribution in [0.25, 0.3) is 0 Å². The number of halogens is 2. The second-order valence-corrected chi connectivity index (χ2v) is 8.50. The predicted octanol–water partition coefficient (Wildman–Crippen LogP) is 4.36. The smallest absolute Gasteiger partial charge is 0.322 e. The molecule has 1 atom stereocenters. The minimum Gasteiger partial charge on any atom is -0.338 e. The Labute approximate surface area is 176 Å². The van der Waals surface area contributed by atoms with Crippen molar-refractivity contribution in [2.45, 2.75) is 26.3 Å². The van der Waals surface area contributed by atoms with Crippen LogP contribution in [-0.2, 0) is 0 Å². The summed E-state index contributed by atoms with van der Waals surface area (Å²) in [7, 11) is 0. The van der Waals surface area contributed by atoms with Gasteiger partial charge in [-0.2, -0.15) is 0 Å². The van der Waals surface area contributed by atoms with E-state index in [1.165, 1.54) is 24.3 Å². The van der Waals surface area contributed by atoms with Crippen molar-refractivity contribution in [3.63, 3.8) is 0 Å². The molecule has 1 N–H and O–H groups in total. The molecular formula is C23H28F2N4O. The van der Waals surface area contributed by atoms with Crippen molar-refractivity contribution in [2.75, 3.05) is 42.5 Å². The van der Waals surface area contributed by atoms with Gasteiger partial charge in [-0.3, -0.25) is 4.90 Å². The quantitative estimate of drug-likeness (QED) is 0.808. The first-order chi connectivity index (χ1) is 14.4. The number of hydrogen-bond donors (Lipinski definition) is 1. The van der Waals surface area contributed by atoms with Crippen LogP contribution in [0, 0.1) is 17.6 Å². The summed E-state index contributed by atoms with van der Waals surface area (Å²) in [6, 6.07) is 10.5. The summed E-state index contributed by atoms with van der Waals surface area (Å²) in [5, 5.41) is 3.15. The van der Waals surface area contributed by atoms with Crippen LogP contribution >= 0.6 is 0 Å². The lowest BCUT2D eigenvalue weighted by molar-refractivity contribution is 0.240. The zero-order valence-electron chi connectivity index (χ0n) is 17.4. The van der Waals surface area contributed by atoms with Crippen molar-refractivity contribution < 1.29 is 13.6 Å². The highest BCUT2D eigenvalue weighted by Crippen LogP contribution is 2.38. The molecule has 0 aliphatic carbocycles. The van der Waals surface area contributed by atoms with Gasteiger partial charge in [0.15, 0.2) is 0 Å². The van der Waals surface area contributed by atoms with Gasteiger partial charge in [0, 0.05) is 44.5 Å². The Hall–Kier alpha value is -2.67. The average molecular weight is 415 g/mol. The van der Waals surface area contributed by atoms with Gasteiger partial charge in [-0.15, -0.1) is 0 Å². The van der Waals surface area contributed by atoms with E-state index >= 15 is 0 Å². The molecule has 2 amide bonds. The third-order valence-electron chi connectivity index (χ3n) is 5.67. The van der Waals surface area contributed by atoms with E-state index in [9.17, 15) is 13.6 Å². The van der Waals surface area contributed by atoms with Crippen LogP contribution in [0.1, 0.15) is 20.3 Å². The van der Waals surface area contributed by atoms with E-state index in [0.29, 0.717) is 30.4 Å². The van der Waals surface area contributed by atoms with Crippen molar-refractivity contribution in [1.29, 1.82) is 0 Å². The lowest BCUT2D eigenvalue weighted by Crippen LogP contribution is -2.50. The van der Waals surface area contributed by atoms with E-state index in [2.05, 4.69) is 24.1 Å². The molecule has 1 fully saturated rings. The molecule has 2 aliphatic rings. The van der Waals surface area contributed by atoms with E-state index in [1.807, 2.05) is 4.90 Å². The number of urea groups is 1. The predicted molar refractivity (Wildman–Crippen MR) is 115 cm³/mol. The van der Waals surface area contributed by atoms with E-state index < -0.39 is 0 Å². The maximum Gasteiger partial charge on any atom is 0.322 e. The molecule has 2 aromatic rings. The summed E-state index contributed by atoms with van der Waals surface area (Å²) in [5.74, 6) is -0.0942. The van der Waals surface area contributed by atoms with E-state index in [1.54, 1.807) is 23.1 Å². The highest BCUT2D eigenvalue weighted by molar-refractivity contribution is 5.98. The summed E-state index contributed by atoms with van der Waals surface area (Å²) >= 11 is 0. The van der Waals surface area contributed by atoms with E-state index in [0.717, 1.165) is 31.7 Å². The van der Waals surface area contributed by atoms with Crippen molar-refractivity contribution in [3.8, 4) is 0 Å². The third-order valence-corrected chi connectivity index (χ3v) is 5.67. The Morgan fingerprint density at radius 1 is 1.03 bits per heavy atom. The summed E-state index contributed by atoms with van der Waals surface area (Å²) in [6.07, 6.45) is 0.935. The Kier molecular flexibility index (Phi) is 5.90. The first-order valence-electron chi connectivity index (χ1n) is 10.5. The largest absolute Gasteiger partial charge is 0.338 e. The lowest BCUT2D eigenvalue weighted by atomic mass is 10.1. The van der Waals surface area contributed by atoms with Gasteiger partial charge in [-0.1, -0.05) is 13.8 Å². The topological polar surface area (TPSA) is 38.8 Å². The molecule has 1 saturated heterocycles. The third kappa shape index (κ3) is 4.41. The number of nitrogens with one attached hydrogen (secondary N) is 1. The first-order valence-corrected chi connectivity index (χ1v) is 10.5. The first kappa shape index (κ1) is 20.6. The van der Waals surface area contributed by atoms with Crippen LogP contribution in [0.2, 0.25) is 0 Å². The molecule has 2 aromatic carbocycles. The standard InChI is InChI=1S/C23H28F2N4O/c1-16(2)14-27-10-9-19(15-27)26-23(30)29-12-11-28(20-6-3-17(24)4-7-20)22-13-18(25)5-8-21(22)29/h3-8,13,16,19H,9-12,14-15H2,1-2H3,(H,26,30). The number of nitrogens with zero attached hydrogens (tertiary/aromatic N) is 3. The Morgan fingerprint density at radius 2 is 1.77 bits per heavy atom. The maximum atomic E-state index is 14.0. The second kappa shape index (κ2) is 8.60. The van der Waals surface area contributed by atoms with Gasteiger partial charge >= 0.3 is 6.03 Å². The molecular weight excluding hydrogens is 386 g/mol. The Bertz CT molecular complexity index is 903. The highest BCUT2D eigenvalue weighted by atomic mass is 19.1. The highest BCUT2D eigenvalue weighted by Gasteiger charge is 2.31. The molecule has 1 unspecified atom stereocenters. The van der Waals surface area contributed by atoms with Gasteiger partial charge in [-0.25, -0.2) is 13.6 Å². The van der Waals surface area contributed by atoms with Crippen LogP contribution in [0.15, 0.2) is 42.5 Å². The van der Waals surface area contributed by atoms with Crippen molar-refractivity contribution in [3.05, 3.63) is 54.1 Å². The van der Waals surface area contributed by atoms with Crippen molar-refractivity contribution in [1.82, 2.24) is 10.2 Å². The minimum absolute atomic E-state index is 0.121. The van der Waals surface area contributed by atoms with E-state index in [4.69, 9.17) is 0 Å². The van der Waals surface area contributed by atoms with Crippen LogP contribution in [0.3, 0.4) is 0 Å². The summed E-state index contributed by atoms with van der Waals surface area (Å²) < 4.78 is 27.4. The summed E-state index contributed by atoms with van der Waals surface area (Å²) in [5.41, 5.74) is 2.03. The van der Waals surface area contributed by atoms with Crippen LogP contribution in [-0.4, -0.2) is 49.7 Å². The van der Waals surface area contributed by atoms with Gasteiger partial charge in [0.25, 0.3) is 0 Å². The number of benzene rings is 2. The fourth-order valence-corrected chi connectivity index (χ4v) is 4.37. The molecule has 0 saturated carbocycles. The molecule has 0 bridgehead atoms. The molecule has 0 radical (unpaired) electrons.